The number of halogens is 1. The molecular weight excluding hydrogens is 604 g/mol. The van der Waals surface area contributed by atoms with Crippen LogP contribution in [0.2, 0.25) is 0 Å². The first kappa shape index (κ1) is 30.2. The van der Waals surface area contributed by atoms with Crippen LogP contribution in [0.1, 0.15) is 47.1 Å². The molecular formula is C25H34ClIrN2O3. The topological polar surface area (TPSA) is 75.7 Å². The van der Waals surface area contributed by atoms with Gasteiger partial charge in [-0.1, -0.05) is 53.7 Å². The van der Waals surface area contributed by atoms with Gasteiger partial charge in [0, 0.05) is 4.92 Å². The van der Waals surface area contributed by atoms with Crippen molar-refractivity contribution in [3.05, 3.63) is 71.6 Å². The minimum absolute atomic E-state index is 0. The molecule has 5 nitrogen and oxygen atoms in total. The predicted molar refractivity (Wildman–Crippen MR) is 130 cm³/mol. The molecule has 2 aromatic rings. The van der Waals surface area contributed by atoms with Crippen LogP contribution >= 0.6 is 9.58 Å². The van der Waals surface area contributed by atoms with Crippen LogP contribution in [0.15, 0.2) is 47.5 Å². The molecule has 7 heteroatoms. The van der Waals surface area contributed by atoms with Gasteiger partial charge in [0.2, 0.25) is 0 Å². The van der Waals surface area contributed by atoms with Crippen LogP contribution in [-0.2, 0) is 17.9 Å². The number of benzene rings is 2. The van der Waals surface area contributed by atoms with Gasteiger partial charge in [-0.25, -0.2) is 0 Å². The fourth-order valence-corrected chi connectivity index (χ4v) is 3.93. The Kier molecular flexibility index (Phi) is 13.6. The van der Waals surface area contributed by atoms with E-state index in [0.717, 1.165) is 29.6 Å². The van der Waals surface area contributed by atoms with Crippen molar-refractivity contribution >= 4 is 26.7 Å². The van der Waals surface area contributed by atoms with E-state index >= 15 is 0 Å². The number of hydrogen-bond acceptors (Lipinski definition) is 4. The second kappa shape index (κ2) is 14.4. The monoisotopic (exact) mass is 638 g/mol. The number of phenolic OH excluding ortho intramolecular Hbond substituents is 1. The van der Waals surface area contributed by atoms with E-state index in [1.54, 1.807) is 37.3 Å². The third kappa shape index (κ3) is 8.31. The predicted octanol–water partition coefficient (Wildman–Crippen LogP) is 7.56. The molecule has 0 aromatic heterocycles. The number of nitrogens with zero attached hydrogens (tertiary/aromatic N) is 2. The summed E-state index contributed by atoms with van der Waals surface area (Å²) in [5.74, 6) is 4.86. The van der Waals surface area contributed by atoms with Gasteiger partial charge < -0.3 is 17.5 Å². The van der Waals surface area contributed by atoms with E-state index in [0.29, 0.717) is 17.0 Å². The van der Waals surface area contributed by atoms with Gasteiger partial charge in [-0.05, 0) is 59.6 Å². The van der Waals surface area contributed by atoms with Crippen molar-refractivity contribution in [1.29, 1.82) is 0 Å². The fourth-order valence-electron chi connectivity index (χ4n) is 3.93. The average Bonchev–Trinajstić information content (AvgIpc) is 2.95. The number of nitro groups is 1. The summed E-state index contributed by atoms with van der Waals surface area (Å²) in [6.45, 7) is 13.8. The number of phenols is 1. The van der Waals surface area contributed by atoms with Crippen LogP contribution in [0.25, 0.3) is 0 Å². The van der Waals surface area contributed by atoms with Gasteiger partial charge in [-0.2, -0.15) is 0 Å². The van der Waals surface area contributed by atoms with Gasteiger partial charge in [0.1, 0.15) is 5.75 Å². The van der Waals surface area contributed by atoms with Crippen LogP contribution in [0.4, 0.5) is 11.4 Å². The summed E-state index contributed by atoms with van der Waals surface area (Å²) in [7, 11) is 4.64. The van der Waals surface area contributed by atoms with E-state index in [4.69, 9.17) is 0 Å². The molecule has 0 saturated heterocycles. The molecule has 1 aliphatic carbocycles. The number of aliphatic imine (C=N–C) groups is 1. The first-order chi connectivity index (χ1) is 14.6. The van der Waals surface area contributed by atoms with Crippen molar-refractivity contribution in [3.63, 3.8) is 0 Å². The second-order valence-electron chi connectivity index (χ2n) is 8.23. The van der Waals surface area contributed by atoms with Crippen LogP contribution in [0.3, 0.4) is 0 Å². The van der Waals surface area contributed by atoms with E-state index < -0.39 is 4.92 Å². The van der Waals surface area contributed by atoms with E-state index in [-0.39, 0.29) is 18.9 Å². The molecule has 32 heavy (non-hydrogen) atoms. The minimum atomic E-state index is -0.466. The zero-order chi connectivity index (χ0) is 23.7. The molecule has 0 radical (unpaired) electrons. The molecule has 1 fully saturated rings. The Morgan fingerprint density at radius 2 is 1.41 bits per heavy atom. The number of non-ortho nitro benzene ring substituents is 1. The second-order valence-corrected chi connectivity index (χ2v) is 8.23. The number of aromatic hydroxyl groups is 1. The summed E-state index contributed by atoms with van der Waals surface area (Å²) in [5, 5.41) is 19.7. The quantitative estimate of drug-likeness (QED) is 0.163. The van der Waals surface area contributed by atoms with Crippen LogP contribution in [-0.4, -0.2) is 15.7 Å². The number of rotatable bonds is 3. The molecule has 2 aromatic carbocycles. The molecule has 0 unspecified atom stereocenters. The molecule has 0 atom stereocenters. The number of nitro benzene ring substituents is 1. The fraction of sp³-hybridized carbons (Fsp3) is 0.440. The van der Waals surface area contributed by atoms with E-state index in [2.05, 4.69) is 55.3 Å². The standard InChI is InChI=1S/C14H11N2O3.C10H20.CH3.ClH.Ir/c1-10(15-12-4-8-14(17)9-5-12)11-2-6-13(7-3-11)16(18)19;1-6-7(2)9(4)10(5)8(6)3;;;/h2,4-9,17H,1H3;6-10H,1-5H3;1H3;1H;/q-1;;-1;;+3/p-1. The van der Waals surface area contributed by atoms with Gasteiger partial charge >= 0.3 is 27.5 Å². The Balaban J connectivity index is 0.000000628. The Hall–Kier alpha value is -1.75. The normalized spacial score (nSPS) is 24.2. The van der Waals surface area contributed by atoms with Crippen molar-refractivity contribution < 1.29 is 27.9 Å². The van der Waals surface area contributed by atoms with Gasteiger partial charge in [0.15, 0.2) is 5.69 Å². The average molecular weight is 638 g/mol. The van der Waals surface area contributed by atoms with E-state index in [1.807, 2.05) is 0 Å². The zero-order valence-corrected chi connectivity index (χ0v) is 22.9. The molecule has 0 heterocycles. The molecule has 0 spiro atoms. The van der Waals surface area contributed by atoms with Crippen LogP contribution < -0.4 is 0 Å². The van der Waals surface area contributed by atoms with Crippen molar-refractivity contribution in [3.8, 4) is 5.75 Å². The third-order valence-corrected chi connectivity index (χ3v) is 6.69. The summed E-state index contributed by atoms with van der Waals surface area (Å²) in [6, 6.07) is 13.6. The molecule has 0 bridgehead atoms. The Morgan fingerprint density at radius 1 is 0.969 bits per heavy atom. The van der Waals surface area contributed by atoms with E-state index in [9.17, 15) is 15.2 Å². The molecule has 3 rings (SSSR count). The van der Waals surface area contributed by atoms with Crippen LogP contribution in [0.5, 0.6) is 5.75 Å². The SMILES string of the molecule is CC(=Nc1ccc(O)cc1)c1[c-]cc([N+](=O)[O-])cc1.CC1C(C)C(C)C(C)C1C.[CH3-].[Cl][Ir+2]. The maximum absolute atomic E-state index is 10.5. The first-order valence-corrected chi connectivity index (χ1v) is 13.2. The maximum atomic E-state index is 10.5. The summed E-state index contributed by atoms with van der Waals surface area (Å²) in [6.07, 6.45) is 0. The molecule has 0 amide bonds. The van der Waals surface area contributed by atoms with Gasteiger partial charge in [0.25, 0.3) is 0 Å². The summed E-state index contributed by atoms with van der Waals surface area (Å²) < 4.78 is 0. The van der Waals surface area contributed by atoms with Crippen molar-refractivity contribution in [1.82, 2.24) is 0 Å². The molecule has 1 saturated carbocycles. The summed E-state index contributed by atoms with van der Waals surface area (Å²) >= 11 is 1.47. The molecule has 0 aliphatic heterocycles. The Morgan fingerprint density at radius 3 is 1.75 bits per heavy atom. The van der Waals surface area contributed by atoms with Gasteiger partial charge in [-0.15, -0.1) is 17.7 Å². The van der Waals surface area contributed by atoms with Crippen molar-refractivity contribution in [2.75, 3.05) is 0 Å². The Bertz CT molecular complexity index is 812. The summed E-state index contributed by atoms with van der Waals surface area (Å²) in [4.78, 5) is 14.4. The van der Waals surface area contributed by atoms with E-state index in [1.165, 1.54) is 30.0 Å². The van der Waals surface area contributed by atoms with Gasteiger partial charge in [-0.3, -0.25) is 10.1 Å². The van der Waals surface area contributed by atoms with Crippen molar-refractivity contribution in [2.45, 2.75) is 41.5 Å². The van der Waals surface area contributed by atoms with Crippen LogP contribution in [0, 0.1) is 53.2 Å². The zero-order valence-electron chi connectivity index (χ0n) is 19.8. The van der Waals surface area contributed by atoms with Crippen molar-refractivity contribution in [2.24, 2.45) is 34.6 Å². The first-order valence-electron chi connectivity index (χ1n) is 10.2. The van der Waals surface area contributed by atoms with Gasteiger partial charge in [0.05, 0.1) is 5.69 Å². The molecule has 1 aliphatic rings. The number of hydrogen-bond donors (Lipinski definition) is 1. The molecule has 1 N–H and O–H groups in total. The molecule has 178 valence electrons. The third-order valence-electron chi connectivity index (χ3n) is 6.69. The Labute approximate surface area is 207 Å². The summed E-state index contributed by atoms with van der Waals surface area (Å²) in [5.41, 5.74) is 2.09.